The average Bonchev–Trinajstić information content (AvgIpc) is 2.53. The summed E-state index contributed by atoms with van der Waals surface area (Å²) < 4.78 is 15.8. The second-order valence-corrected chi connectivity index (χ2v) is 5.02. The zero-order valence-corrected chi connectivity index (χ0v) is 11.8. The van der Waals surface area contributed by atoms with E-state index in [1.807, 2.05) is 24.3 Å². The lowest BCUT2D eigenvalue weighted by Gasteiger charge is -2.33. The number of esters is 1. The highest BCUT2D eigenvalue weighted by Crippen LogP contribution is 2.31. The van der Waals surface area contributed by atoms with E-state index in [0.29, 0.717) is 32.6 Å². The first-order valence-electron chi connectivity index (χ1n) is 6.78. The maximum absolute atomic E-state index is 12.3. The lowest BCUT2D eigenvalue weighted by atomic mass is 9.80. The SMILES string of the molecule is COc1ccc(COC(=O)C2(CN)CCOCC2)cc1. The number of nitrogens with two attached hydrogens (primary N) is 1. The summed E-state index contributed by atoms with van der Waals surface area (Å²) in [5, 5.41) is 0. The minimum Gasteiger partial charge on any atom is -0.497 e. The molecule has 0 saturated carbocycles. The van der Waals surface area contributed by atoms with Crippen LogP contribution in [0.4, 0.5) is 0 Å². The molecular formula is C15H21NO4. The molecule has 0 atom stereocenters. The van der Waals surface area contributed by atoms with E-state index >= 15 is 0 Å². The summed E-state index contributed by atoms with van der Waals surface area (Å²) in [6.45, 7) is 1.69. The van der Waals surface area contributed by atoms with Gasteiger partial charge in [0.15, 0.2) is 0 Å². The Morgan fingerprint density at radius 2 is 1.95 bits per heavy atom. The van der Waals surface area contributed by atoms with Crippen LogP contribution in [0, 0.1) is 5.41 Å². The molecule has 1 saturated heterocycles. The molecule has 5 heteroatoms. The van der Waals surface area contributed by atoms with Gasteiger partial charge in [0.25, 0.3) is 0 Å². The Morgan fingerprint density at radius 3 is 2.50 bits per heavy atom. The van der Waals surface area contributed by atoms with Crippen molar-refractivity contribution in [3.63, 3.8) is 0 Å². The second-order valence-electron chi connectivity index (χ2n) is 5.02. The normalized spacial score (nSPS) is 17.5. The van der Waals surface area contributed by atoms with Crippen molar-refractivity contribution >= 4 is 5.97 Å². The Bertz CT molecular complexity index is 438. The maximum atomic E-state index is 12.3. The number of rotatable bonds is 5. The average molecular weight is 279 g/mol. The van der Waals surface area contributed by atoms with Crippen molar-refractivity contribution in [3.05, 3.63) is 29.8 Å². The highest BCUT2D eigenvalue weighted by molar-refractivity contribution is 5.77. The highest BCUT2D eigenvalue weighted by atomic mass is 16.5. The van der Waals surface area contributed by atoms with Crippen LogP contribution in [0.1, 0.15) is 18.4 Å². The summed E-state index contributed by atoms with van der Waals surface area (Å²) in [4.78, 5) is 12.3. The van der Waals surface area contributed by atoms with Crippen LogP contribution in [0.5, 0.6) is 5.75 Å². The van der Waals surface area contributed by atoms with Crippen molar-refractivity contribution in [3.8, 4) is 5.75 Å². The molecule has 0 bridgehead atoms. The second kappa shape index (κ2) is 6.72. The number of benzene rings is 1. The van der Waals surface area contributed by atoms with Gasteiger partial charge in [0.1, 0.15) is 12.4 Å². The Labute approximate surface area is 119 Å². The molecule has 1 aromatic rings. The fraction of sp³-hybridized carbons (Fsp3) is 0.533. The van der Waals surface area contributed by atoms with Crippen molar-refractivity contribution in [2.75, 3.05) is 26.9 Å². The molecule has 110 valence electrons. The fourth-order valence-corrected chi connectivity index (χ4v) is 2.28. The van der Waals surface area contributed by atoms with Gasteiger partial charge < -0.3 is 19.9 Å². The Morgan fingerprint density at radius 1 is 1.30 bits per heavy atom. The van der Waals surface area contributed by atoms with Gasteiger partial charge in [-0.05, 0) is 30.5 Å². The van der Waals surface area contributed by atoms with Crippen LogP contribution in [0.15, 0.2) is 24.3 Å². The number of hydrogen-bond acceptors (Lipinski definition) is 5. The highest BCUT2D eigenvalue weighted by Gasteiger charge is 2.40. The predicted molar refractivity (Wildman–Crippen MR) is 74.3 cm³/mol. The molecule has 0 radical (unpaired) electrons. The molecular weight excluding hydrogens is 258 g/mol. The van der Waals surface area contributed by atoms with Crippen molar-refractivity contribution in [2.45, 2.75) is 19.4 Å². The molecule has 2 N–H and O–H groups in total. The molecule has 5 nitrogen and oxygen atoms in total. The van der Waals surface area contributed by atoms with Gasteiger partial charge in [-0.2, -0.15) is 0 Å². The van der Waals surface area contributed by atoms with Gasteiger partial charge in [-0.3, -0.25) is 4.79 Å². The molecule has 0 aliphatic carbocycles. The fourth-order valence-electron chi connectivity index (χ4n) is 2.28. The van der Waals surface area contributed by atoms with Gasteiger partial charge in [-0.15, -0.1) is 0 Å². The van der Waals surface area contributed by atoms with E-state index in [2.05, 4.69) is 0 Å². The lowest BCUT2D eigenvalue weighted by Crippen LogP contribution is -2.44. The number of hydrogen-bond donors (Lipinski definition) is 1. The van der Waals surface area contributed by atoms with E-state index in [1.54, 1.807) is 7.11 Å². The van der Waals surface area contributed by atoms with Crippen molar-refractivity contribution in [1.29, 1.82) is 0 Å². The molecule has 0 amide bonds. The van der Waals surface area contributed by atoms with Gasteiger partial charge in [-0.25, -0.2) is 0 Å². The third kappa shape index (κ3) is 3.29. The summed E-state index contributed by atoms with van der Waals surface area (Å²) in [6, 6.07) is 7.45. The monoisotopic (exact) mass is 279 g/mol. The molecule has 20 heavy (non-hydrogen) atoms. The van der Waals surface area contributed by atoms with Gasteiger partial charge in [0, 0.05) is 19.8 Å². The third-order valence-electron chi connectivity index (χ3n) is 3.80. The summed E-state index contributed by atoms with van der Waals surface area (Å²) in [6.07, 6.45) is 1.26. The summed E-state index contributed by atoms with van der Waals surface area (Å²) in [5.41, 5.74) is 6.12. The number of ether oxygens (including phenoxy) is 3. The van der Waals surface area contributed by atoms with Gasteiger partial charge in [-0.1, -0.05) is 12.1 Å². The molecule has 1 aliphatic heterocycles. The van der Waals surface area contributed by atoms with E-state index < -0.39 is 5.41 Å². The number of carbonyl (C=O) groups excluding carboxylic acids is 1. The first kappa shape index (κ1) is 14.8. The summed E-state index contributed by atoms with van der Waals surface area (Å²) >= 11 is 0. The molecule has 1 aliphatic rings. The summed E-state index contributed by atoms with van der Waals surface area (Å²) in [7, 11) is 1.62. The zero-order valence-electron chi connectivity index (χ0n) is 11.8. The van der Waals surface area contributed by atoms with Crippen molar-refractivity contribution in [1.82, 2.24) is 0 Å². The van der Waals surface area contributed by atoms with Crippen molar-refractivity contribution in [2.24, 2.45) is 11.1 Å². The molecule has 0 aromatic heterocycles. The molecule has 1 fully saturated rings. The van der Waals surface area contributed by atoms with Crippen LogP contribution in [0.3, 0.4) is 0 Å². The predicted octanol–water partition coefficient (Wildman–Crippen LogP) is 1.49. The van der Waals surface area contributed by atoms with Gasteiger partial charge in [0.2, 0.25) is 0 Å². The lowest BCUT2D eigenvalue weighted by molar-refractivity contribution is -0.162. The number of carbonyl (C=O) groups is 1. The van der Waals surface area contributed by atoms with Gasteiger partial charge >= 0.3 is 5.97 Å². The van der Waals surface area contributed by atoms with Crippen LogP contribution >= 0.6 is 0 Å². The van der Waals surface area contributed by atoms with E-state index in [0.717, 1.165) is 11.3 Å². The van der Waals surface area contributed by atoms with Crippen LogP contribution in [-0.2, 0) is 20.9 Å². The van der Waals surface area contributed by atoms with Crippen LogP contribution in [-0.4, -0.2) is 32.8 Å². The van der Waals surface area contributed by atoms with Crippen LogP contribution in [0.25, 0.3) is 0 Å². The van der Waals surface area contributed by atoms with Crippen LogP contribution < -0.4 is 10.5 Å². The number of methoxy groups -OCH3 is 1. The molecule has 2 rings (SSSR count). The molecule has 0 spiro atoms. The van der Waals surface area contributed by atoms with E-state index in [9.17, 15) is 4.79 Å². The van der Waals surface area contributed by atoms with E-state index in [1.165, 1.54) is 0 Å². The smallest absolute Gasteiger partial charge is 0.313 e. The van der Waals surface area contributed by atoms with E-state index in [4.69, 9.17) is 19.9 Å². The molecule has 0 unspecified atom stereocenters. The molecule has 1 heterocycles. The first-order chi connectivity index (χ1) is 9.70. The standard InChI is InChI=1S/C15H21NO4/c1-18-13-4-2-12(3-5-13)10-20-14(17)15(11-16)6-8-19-9-7-15/h2-5H,6-11,16H2,1H3. The van der Waals surface area contributed by atoms with Gasteiger partial charge in [0.05, 0.1) is 12.5 Å². The Kier molecular flexibility index (Phi) is 4.98. The third-order valence-corrected chi connectivity index (χ3v) is 3.80. The van der Waals surface area contributed by atoms with E-state index in [-0.39, 0.29) is 12.6 Å². The first-order valence-corrected chi connectivity index (χ1v) is 6.78. The minimum atomic E-state index is -0.579. The van der Waals surface area contributed by atoms with Crippen LogP contribution in [0.2, 0.25) is 0 Å². The topological polar surface area (TPSA) is 70.8 Å². The Hall–Kier alpha value is -1.59. The molecule has 1 aromatic carbocycles. The van der Waals surface area contributed by atoms with Crippen molar-refractivity contribution < 1.29 is 19.0 Å². The quantitative estimate of drug-likeness (QED) is 0.827. The maximum Gasteiger partial charge on any atom is 0.313 e. The summed E-state index contributed by atoms with van der Waals surface area (Å²) in [5.74, 6) is 0.557. The largest absolute Gasteiger partial charge is 0.497 e. The zero-order chi connectivity index (χ0) is 14.4. The Balaban J connectivity index is 1.93. The minimum absolute atomic E-state index is 0.223.